The van der Waals surface area contributed by atoms with Crippen LogP contribution in [-0.4, -0.2) is 23.3 Å². The van der Waals surface area contributed by atoms with Gasteiger partial charge in [0, 0.05) is 18.7 Å². The fourth-order valence-electron chi connectivity index (χ4n) is 3.15. The molecular weight excluding hydrogens is 354 g/mol. The van der Waals surface area contributed by atoms with Gasteiger partial charge in [-0.2, -0.15) is 0 Å². The number of hydrogen-bond acceptors (Lipinski definition) is 4. The summed E-state index contributed by atoms with van der Waals surface area (Å²) < 4.78 is 5.82. The number of halogens is 1. The highest BCUT2D eigenvalue weighted by molar-refractivity contribution is 6.33. The van der Waals surface area contributed by atoms with Gasteiger partial charge in [0.05, 0.1) is 16.5 Å². The second-order valence-electron chi connectivity index (χ2n) is 6.46. The van der Waals surface area contributed by atoms with Gasteiger partial charge in [0.25, 0.3) is 0 Å². The van der Waals surface area contributed by atoms with E-state index in [-0.39, 0.29) is 18.9 Å². The summed E-state index contributed by atoms with van der Waals surface area (Å²) in [4.78, 5) is 29.7. The van der Waals surface area contributed by atoms with Gasteiger partial charge in [0.15, 0.2) is 5.58 Å². The second kappa shape index (κ2) is 6.14. The van der Waals surface area contributed by atoms with Gasteiger partial charge in [0.2, 0.25) is 17.7 Å². The minimum Gasteiger partial charge on any atom is -0.436 e. The van der Waals surface area contributed by atoms with E-state index in [9.17, 15) is 9.59 Å². The van der Waals surface area contributed by atoms with Crippen LogP contribution in [-0.2, 0) is 9.59 Å². The molecule has 26 heavy (non-hydrogen) atoms. The first-order valence-electron chi connectivity index (χ1n) is 8.19. The molecule has 2 heterocycles. The van der Waals surface area contributed by atoms with Crippen LogP contribution in [0, 0.1) is 12.8 Å². The van der Waals surface area contributed by atoms with Crippen molar-refractivity contribution in [3.05, 3.63) is 47.0 Å². The summed E-state index contributed by atoms with van der Waals surface area (Å²) >= 11 is 6.33. The number of amides is 2. The van der Waals surface area contributed by atoms with E-state index in [0.29, 0.717) is 27.7 Å². The fraction of sp³-hybridized carbons (Fsp3) is 0.211. The van der Waals surface area contributed by atoms with Crippen molar-refractivity contribution < 1.29 is 14.0 Å². The Morgan fingerprint density at radius 1 is 1.31 bits per heavy atom. The maximum Gasteiger partial charge on any atom is 0.228 e. The molecule has 2 N–H and O–H groups in total. The minimum absolute atomic E-state index is 0.120. The Morgan fingerprint density at radius 3 is 2.85 bits per heavy atom. The quantitative estimate of drug-likeness (QED) is 0.767. The van der Waals surface area contributed by atoms with Gasteiger partial charge in [-0.25, -0.2) is 4.98 Å². The lowest BCUT2D eigenvalue weighted by Crippen LogP contribution is -2.28. The molecule has 0 unspecified atom stereocenters. The molecule has 0 radical (unpaired) electrons. The largest absolute Gasteiger partial charge is 0.436 e. The number of carbonyl (C=O) groups excluding carboxylic acids is 2. The smallest absolute Gasteiger partial charge is 0.228 e. The molecule has 3 aromatic rings. The minimum atomic E-state index is -0.478. The monoisotopic (exact) mass is 369 g/mol. The summed E-state index contributed by atoms with van der Waals surface area (Å²) in [6, 6.07) is 10.9. The molecular formula is C19H16ClN3O3. The molecule has 132 valence electrons. The van der Waals surface area contributed by atoms with Crippen LogP contribution in [0.3, 0.4) is 0 Å². The van der Waals surface area contributed by atoms with Crippen molar-refractivity contribution in [2.45, 2.75) is 13.3 Å². The Balaban J connectivity index is 1.74. The first-order valence-corrected chi connectivity index (χ1v) is 8.57. The van der Waals surface area contributed by atoms with Crippen LogP contribution in [0.2, 0.25) is 5.02 Å². The summed E-state index contributed by atoms with van der Waals surface area (Å²) in [6.07, 6.45) is 0.120. The van der Waals surface area contributed by atoms with E-state index in [0.717, 1.165) is 11.1 Å². The number of aromatic nitrogens is 1. The van der Waals surface area contributed by atoms with Crippen LogP contribution >= 0.6 is 11.6 Å². The zero-order valence-corrected chi connectivity index (χ0v) is 14.8. The van der Waals surface area contributed by atoms with E-state index < -0.39 is 11.8 Å². The number of benzene rings is 2. The zero-order chi connectivity index (χ0) is 18.4. The highest BCUT2D eigenvalue weighted by atomic mass is 35.5. The van der Waals surface area contributed by atoms with Gasteiger partial charge in [-0.1, -0.05) is 17.7 Å². The van der Waals surface area contributed by atoms with E-state index in [1.165, 1.54) is 0 Å². The highest BCUT2D eigenvalue weighted by Crippen LogP contribution is 2.35. The van der Waals surface area contributed by atoms with Crippen LogP contribution in [0.5, 0.6) is 0 Å². The average Bonchev–Trinajstić information content (AvgIpc) is 3.18. The van der Waals surface area contributed by atoms with Crippen LogP contribution in [0.25, 0.3) is 22.6 Å². The van der Waals surface area contributed by atoms with Gasteiger partial charge < -0.3 is 15.1 Å². The Bertz CT molecular complexity index is 1040. The molecule has 1 atom stereocenters. The molecule has 1 fully saturated rings. The van der Waals surface area contributed by atoms with Crippen LogP contribution < -0.4 is 10.6 Å². The van der Waals surface area contributed by atoms with Gasteiger partial charge in [-0.3, -0.25) is 9.59 Å². The lowest BCUT2D eigenvalue weighted by molar-refractivity contribution is -0.123. The van der Waals surface area contributed by atoms with Gasteiger partial charge in [-0.15, -0.1) is 0 Å². The SMILES string of the molecule is Cc1ccc2oc(-c3cc(N4C[C@@H](C(N)=O)CC4=O)ccc3Cl)nc2c1. The molecule has 0 bridgehead atoms. The van der Waals surface area contributed by atoms with Crippen molar-refractivity contribution in [3.63, 3.8) is 0 Å². The van der Waals surface area contributed by atoms with Gasteiger partial charge >= 0.3 is 0 Å². The lowest BCUT2D eigenvalue weighted by Gasteiger charge is -2.17. The lowest BCUT2D eigenvalue weighted by atomic mass is 10.1. The first-order chi connectivity index (χ1) is 12.4. The molecule has 6 nitrogen and oxygen atoms in total. The molecule has 2 amide bonds. The average molecular weight is 370 g/mol. The number of hydrogen-bond donors (Lipinski definition) is 1. The topological polar surface area (TPSA) is 89.4 Å². The van der Waals surface area contributed by atoms with Gasteiger partial charge in [0.1, 0.15) is 5.52 Å². The number of oxazole rings is 1. The van der Waals surface area contributed by atoms with Crippen LogP contribution in [0.15, 0.2) is 40.8 Å². The fourth-order valence-corrected chi connectivity index (χ4v) is 3.34. The van der Waals surface area contributed by atoms with Crippen molar-refractivity contribution in [2.24, 2.45) is 11.7 Å². The molecule has 0 aliphatic carbocycles. The third-order valence-corrected chi connectivity index (χ3v) is 4.89. The summed E-state index contributed by atoms with van der Waals surface area (Å²) in [5.41, 5.74) is 9.05. The van der Waals surface area contributed by atoms with E-state index >= 15 is 0 Å². The molecule has 1 saturated heterocycles. The van der Waals surface area contributed by atoms with Crippen molar-refractivity contribution in [1.29, 1.82) is 0 Å². The summed E-state index contributed by atoms with van der Waals surface area (Å²) in [5.74, 6) is -0.705. The van der Waals surface area contributed by atoms with E-state index in [4.69, 9.17) is 21.8 Å². The first kappa shape index (κ1) is 16.6. The Labute approximate surface area is 154 Å². The predicted molar refractivity (Wildman–Crippen MR) is 98.8 cm³/mol. The molecule has 7 heteroatoms. The Morgan fingerprint density at radius 2 is 2.12 bits per heavy atom. The number of aryl methyl sites for hydroxylation is 1. The van der Waals surface area contributed by atoms with Crippen molar-refractivity contribution in [2.75, 3.05) is 11.4 Å². The Hall–Kier alpha value is -2.86. The van der Waals surface area contributed by atoms with Crippen LogP contribution in [0.1, 0.15) is 12.0 Å². The predicted octanol–water partition coefficient (Wildman–Crippen LogP) is 3.29. The molecule has 1 aliphatic rings. The van der Waals surface area contributed by atoms with E-state index in [1.54, 1.807) is 23.1 Å². The molecule has 2 aromatic carbocycles. The standard InChI is InChI=1S/C19H16ClN3O3/c1-10-2-5-16-15(6-10)22-19(26-16)13-8-12(3-4-14(13)20)23-9-11(18(21)25)7-17(23)24/h2-6,8,11H,7,9H2,1H3,(H2,21,25)/t11-/m0/s1. The molecule has 1 aliphatic heterocycles. The second-order valence-corrected chi connectivity index (χ2v) is 6.87. The van der Waals surface area contributed by atoms with E-state index in [1.807, 2.05) is 25.1 Å². The molecule has 1 aromatic heterocycles. The normalized spacial score (nSPS) is 17.2. The summed E-state index contributed by atoms with van der Waals surface area (Å²) in [7, 11) is 0. The summed E-state index contributed by atoms with van der Waals surface area (Å²) in [5, 5.41) is 0.468. The number of nitrogens with two attached hydrogens (primary N) is 1. The third kappa shape index (κ3) is 2.82. The molecule has 4 rings (SSSR count). The number of fused-ring (bicyclic) bond motifs is 1. The van der Waals surface area contributed by atoms with Crippen molar-refractivity contribution in [1.82, 2.24) is 4.98 Å². The third-order valence-electron chi connectivity index (χ3n) is 4.56. The number of rotatable bonds is 3. The number of anilines is 1. The van der Waals surface area contributed by atoms with Crippen LogP contribution in [0.4, 0.5) is 5.69 Å². The maximum absolute atomic E-state index is 12.2. The van der Waals surface area contributed by atoms with Gasteiger partial charge in [-0.05, 0) is 42.8 Å². The zero-order valence-electron chi connectivity index (χ0n) is 14.0. The highest BCUT2D eigenvalue weighted by Gasteiger charge is 2.34. The summed E-state index contributed by atoms with van der Waals surface area (Å²) in [6.45, 7) is 2.25. The number of carbonyl (C=O) groups is 2. The molecule has 0 saturated carbocycles. The number of primary amides is 1. The van der Waals surface area contributed by atoms with Crippen molar-refractivity contribution in [3.8, 4) is 11.5 Å². The van der Waals surface area contributed by atoms with Crippen molar-refractivity contribution >= 4 is 40.2 Å². The molecule has 0 spiro atoms. The number of nitrogens with zero attached hydrogens (tertiary/aromatic N) is 2. The van der Waals surface area contributed by atoms with E-state index in [2.05, 4.69) is 4.98 Å². The Kier molecular flexibility index (Phi) is 3.92. The maximum atomic E-state index is 12.2.